The van der Waals surface area contributed by atoms with E-state index in [1.165, 1.54) is 6.07 Å². The van der Waals surface area contributed by atoms with Crippen LogP contribution >= 0.6 is 0 Å². The summed E-state index contributed by atoms with van der Waals surface area (Å²) >= 11 is 0. The molecular formula is C22H14F3N3O. The first kappa shape index (κ1) is 18.6. The maximum Gasteiger partial charge on any atom is 0.416 e. The lowest BCUT2D eigenvalue weighted by molar-refractivity contribution is -0.137. The molecule has 0 saturated carbocycles. The van der Waals surface area contributed by atoms with Crippen LogP contribution in [0.15, 0.2) is 60.7 Å². The number of amides is 1. The maximum absolute atomic E-state index is 13.3. The van der Waals surface area contributed by atoms with Crippen LogP contribution in [-0.2, 0) is 12.7 Å². The molecule has 0 saturated heterocycles. The van der Waals surface area contributed by atoms with Crippen molar-refractivity contribution in [1.82, 2.24) is 4.57 Å². The number of fused-ring (bicyclic) bond motifs is 3. The van der Waals surface area contributed by atoms with Crippen molar-refractivity contribution in [2.24, 2.45) is 5.73 Å². The molecule has 4 rings (SSSR count). The highest BCUT2D eigenvalue weighted by Gasteiger charge is 2.31. The van der Waals surface area contributed by atoms with E-state index in [9.17, 15) is 18.0 Å². The topological polar surface area (TPSA) is 71.8 Å². The molecule has 0 spiro atoms. The quantitative estimate of drug-likeness (QED) is 0.541. The molecule has 4 aromatic rings. The van der Waals surface area contributed by atoms with Crippen molar-refractivity contribution < 1.29 is 18.0 Å². The van der Waals surface area contributed by atoms with Gasteiger partial charge >= 0.3 is 6.18 Å². The Morgan fingerprint density at radius 1 is 1.03 bits per heavy atom. The maximum atomic E-state index is 13.3. The number of hydrogen-bond donors (Lipinski definition) is 1. The smallest absolute Gasteiger partial charge is 0.366 e. The van der Waals surface area contributed by atoms with E-state index in [0.717, 1.165) is 17.7 Å². The van der Waals surface area contributed by atoms with Gasteiger partial charge in [-0.25, -0.2) is 0 Å². The molecule has 1 aromatic heterocycles. The number of hydrogen-bond acceptors (Lipinski definition) is 2. The summed E-state index contributed by atoms with van der Waals surface area (Å²) < 4.78 is 41.7. The zero-order valence-corrected chi connectivity index (χ0v) is 15.0. The Balaban J connectivity index is 2.05. The molecule has 0 bridgehead atoms. The third kappa shape index (κ3) is 3.19. The highest BCUT2D eigenvalue weighted by molar-refractivity contribution is 6.18. The Morgan fingerprint density at radius 2 is 1.79 bits per heavy atom. The average molecular weight is 393 g/mol. The number of rotatable bonds is 3. The SMILES string of the molecule is N#Cc1cccc(Cn2c3cc(C(F)(F)F)ccc3c3c(C(N)=O)cccc32)c1. The molecule has 7 heteroatoms. The van der Waals surface area contributed by atoms with Gasteiger partial charge in [-0.1, -0.05) is 24.3 Å². The van der Waals surface area contributed by atoms with Crippen molar-refractivity contribution in [3.8, 4) is 6.07 Å². The van der Waals surface area contributed by atoms with Gasteiger partial charge in [0.25, 0.3) is 0 Å². The van der Waals surface area contributed by atoms with E-state index in [1.54, 1.807) is 47.0 Å². The molecule has 0 atom stereocenters. The average Bonchev–Trinajstić information content (AvgIpc) is 3.00. The van der Waals surface area contributed by atoms with Crippen molar-refractivity contribution in [2.45, 2.75) is 12.7 Å². The van der Waals surface area contributed by atoms with Gasteiger partial charge in [-0.15, -0.1) is 0 Å². The highest BCUT2D eigenvalue weighted by atomic mass is 19.4. The molecule has 0 fully saturated rings. The minimum Gasteiger partial charge on any atom is -0.366 e. The van der Waals surface area contributed by atoms with Crippen LogP contribution in [-0.4, -0.2) is 10.5 Å². The van der Waals surface area contributed by atoms with Crippen LogP contribution in [0.1, 0.15) is 27.0 Å². The number of carbonyl (C=O) groups excluding carboxylic acids is 1. The summed E-state index contributed by atoms with van der Waals surface area (Å²) in [6.07, 6.45) is -4.50. The number of aromatic nitrogens is 1. The summed E-state index contributed by atoms with van der Waals surface area (Å²) in [5.74, 6) is -0.652. The minimum absolute atomic E-state index is 0.235. The number of nitrogens with two attached hydrogens (primary N) is 1. The fourth-order valence-corrected chi connectivity index (χ4v) is 3.62. The number of carbonyl (C=O) groups is 1. The van der Waals surface area contributed by atoms with E-state index < -0.39 is 17.6 Å². The molecule has 0 aliphatic carbocycles. The van der Waals surface area contributed by atoms with Crippen molar-refractivity contribution in [2.75, 3.05) is 0 Å². The second kappa shape index (κ2) is 6.67. The zero-order valence-electron chi connectivity index (χ0n) is 15.0. The minimum atomic E-state index is -4.50. The molecule has 0 aliphatic rings. The van der Waals surface area contributed by atoms with E-state index in [4.69, 9.17) is 11.0 Å². The van der Waals surface area contributed by atoms with Crippen molar-refractivity contribution in [1.29, 1.82) is 5.26 Å². The van der Waals surface area contributed by atoms with Crippen LogP contribution in [0.5, 0.6) is 0 Å². The molecule has 2 N–H and O–H groups in total. The fourth-order valence-electron chi connectivity index (χ4n) is 3.62. The Bertz CT molecular complexity index is 1310. The van der Waals surface area contributed by atoms with Crippen LogP contribution in [0.4, 0.5) is 13.2 Å². The lowest BCUT2D eigenvalue weighted by Crippen LogP contribution is -2.11. The van der Waals surface area contributed by atoms with Gasteiger partial charge in [0.05, 0.1) is 28.2 Å². The fraction of sp³-hybridized carbons (Fsp3) is 0.0909. The van der Waals surface area contributed by atoms with E-state index in [-0.39, 0.29) is 12.1 Å². The second-order valence-electron chi connectivity index (χ2n) is 6.69. The van der Waals surface area contributed by atoms with E-state index in [1.807, 2.05) is 0 Å². The van der Waals surface area contributed by atoms with Crippen molar-refractivity contribution in [3.05, 3.63) is 82.9 Å². The number of nitrogens with zero attached hydrogens (tertiary/aromatic N) is 2. The summed E-state index contributed by atoms with van der Waals surface area (Å²) in [6.45, 7) is 0.235. The van der Waals surface area contributed by atoms with Gasteiger partial charge in [-0.2, -0.15) is 18.4 Å². The van der Waals surface area contributed by atoms with Gasteiger partial charge in [0.1, 0.15) is 0 Å². The second-order valence-corrected chi connectivity index (χ2v) is 6.69. The third-order valence-electron chi connectivity index (χ3n) is 4.88. The molecule has 0 unspecified atom stereocenters. The lowest BCUT2D eigenvalue weighted by Gasteiger charge is -2.10. The molecule has 3 aromatic carbocycles. The highest BCUT2D eigenvalue weighted by Crippen LogP contribution is 2.37. The van der Waals surface area contributed by atoms with Gasteiger partial charge in [0.15, 0.2) is 0 Å². The molecule has 0 aliphatic heterocycles. The van der Waals surface area contributed by atoms with Gasteiger partial charge in [0, 0.05) is 22.9 Å². The first-order chi connectivity index (χ1) is 13.8. The molecular weight excluding hydrogens is 379 g/mol. The zero-order chi connectivity index (χ0) is 20.8. The molecule has 1 heterocycles. The van der Waals surface area contributed by atoms with Gasteiger partial charge in [-0.3, -0.25) is 4.79 Å². The summed E-state index contributed by atoms with van der Waals surface area (Å²) in [5.41, 5.74) is 7.12. The summed E-state index contributed by atoms with van der Waals surface area (Å²) in [6, 6.07) is 17.3. The molecule has 4 nitrogen and oxygen atoms in total. The number of halogens is 3. The Labute approximate surface area is 163 Å². The van der Waals surface area contributed by atoms with E-state index in [0.29, 0.717) is 27.4 Å². The monoisotopic (exact) mass is 393 g/mol. The number of benzene rings is 3. The van der Waals surface area contributed by atoms with Gasteiger partial charge < -0.3 is 10.3 Å². The molecule has 1 amide bonds. The first-order valence-electron chi connectivity index (χ1n) is 8.70. The normalized spacial score (nSPS) is 11.7. The van der Waals surface area contributed by atoms with E-state index >= 15 is 0 Å². The van der Waals surface area contributed by atoms with Crippen LogP contribution < -0.4 is 5.73 Å². The lowest BCUT2D eigenvalue weighted by atomic mass is 10.0. The molecule has 29 heavy (non-hydrogen) atoms. The van der Waals surface area contributed by atoms with Gasteiger partial charge in [-0.05, 0) is 42.0 Å². The van der Waals surface area contributed by atoms with Crippen molar-refractivity contribution in [3.63, 3.8) is 0 Å². The van der Waals surface area contributed by atoms with Crippen molar-refractivity contribution >= 4 is 27.7 Å². The van der Waals surface area contributed by atoms with Crippen LogP contribution in [0.2, 0.25) is 0 Å². The Kier molecular flexibility index (Phi) is 4.27. The van der Waals surface area contributed by atoms with Crippen LogP contribution in [0.3, 0.4) is 0 Å². The number of nitriles is 1. The predicted octanol–water partition coefficient (Wildman–Crippen LogP) is 4.83. The first-order valence-corrected chi connectivity index (χ1v) is 8.70. The predicted molar refractivity (Wildman–Crippen MR) is 103 cm³/mol. The Morgan fingerprint density at radius 3 is 2.48 bits per heavy atom. The number of primary amides is 1. The Hall–Kier alpha value is -3.79. The molecule has 0 radical (unpaired) electrons. The van der Waals surface area contributed by atoms with Crippen LogP contribution in [0.25, 0.3) is 21.8 Å². The van der Waals surface area contributed by atoms with E-state index in [2.05, 4.69) is 6.07 Å². The summed E-state index contributed by atoms with van der Waals surface area (Å²) in [5, 5.41) is 10.1. The third-order valence-corrected chi connectivity index (χ3v) is 4.88. The largest absolute Gasteiger partial charge is 0.416 e. The summed E-state index contributed by atoms with van der Waals surface area (Å²) in [7, 11) is 0. The van der Waals surface area contributed by atoms with Crippen LogP contribution in [0, 0.1) is 11.3 Å². The standard InChI is InChI=1S/C22H14F3N3O/c23-22(24,25)15-7-8-16-19(10-15)28(12-14-4-1-3-13(9-14)11-26)18-6-2-5-17(20(16)18)21(27)29/h1-10H,12H2,(H2,27,29). The molecule has 144 valence electrons. The van der Waals surface area contributed by atoms with Gasteiger partial charge in [0.2, 0.25) is 5.91 Å². The number of alkyl halides is 3. The summed E-state index contributed by atoms with van der Waals surface area (Å²) in [4.78, 5) is 11.9.